The maximum Gasteiger partial charge on any atom is 0.285 e. The largest absolute Gasteiger partial charge is 0.425 e. The summed E-state index contributed by atoms with van der Waals surface area (Å²) >= 11 is 0. The van der Waals surface area contributed by atoms with Crippen LogP contribution in [0.15, 0.2) is 16.9 Å². The Bertz CT molecular complexity index is 314. The van der Waals surface area contributed by atoms with Gasteiger partial charge in [-0.2, -0.15) is 4.73 Å². The van der Waals surface area contributed by atoms with Gasteiger partial charge in [0.25, 0.3) is 5.56 Å². The van der Waals surface area contributed by atoms with Crippen molar-refractivity contribution < 1.29 is 5.21 Å². The maximum absolute atomic E-state index is 11.1. The highest BCUT2D eigenvalue weighted by Crippen LogP contribution is 1.96. The molecule has 0 radical (unpaired) electrons. The second kappa shape index (κ2) is 2.78. The van der Waals surface area contributed by atoms with Gasteiger partial charge in [0.2, 0.25) is 0 Å². The first-order chi connectivity index (χ1) is 5.16. The van der Waals surface area contributed by atoms with Gasteiger partial charge in [0.1, 0.15) is 0 Å². The van der Waals surface area contributed by atoms with Crippen LogP contribution in [0.2, 0.25) is 0 Å². The minimum atomic E-state index is -0.329. The number of nitrogens with zero attached hydrogens (tertiary/aromatic N) is 1. The van der Waals surface area contributed by atoms with Crippen LogP contribution in [0.1, 0.15) is 18.2 Å². The predicted molar refractivity (Wildman–Crippen MR) is 42.0 cm³/mol. The molecule has 0 bridgehead atoms. The summed E-state index contributed by atoms with van der Waals surface area (Å²) in [6.07, 6.45) is 0.659. The van der Waals surface area contributed by atoms with Crippen LogP contribution < -0.4 is 5.56 Å². The molecule has 0 saturated carbocycles. The van der Waals surface area contributed by atoms with Crippen LogP contribution in [0, 0.1) is 6.92 Å². The zero-order valence-electron chi connectivity index (χ0n) is 6.66. The molecule has 0 saturated heterocycles. The molecule has 1 N–H and O–H groups in total. The van der Waals surface area contributed by atoms with Crippen molar-refractivity contribution >= 4 is 0 Å². The van der Waals surface area contributed by atoms with Gasteiger partial charge in [-0.1, -0.05) is 13.0 Å². The minimum Gasteiger partial charge on any atom is -0.425 e. The first-order valence-corrected chi connectivity index (χ1v) is 3.57. The van der Waals surface area contributed by atoms with Crippen molar-refractivity contribution in [3.05, 3.63) is 33.7 Å². The van der Waals surface area contributed by atoms with E-state index in [1.54, 1.807) is 19.1 Å². The smallest absolute Gasteiger partial charge is 0.285 e. The van der Waals surface area contributed by atoms with Crippen LogP contribution in [0.3, 0.4) is 0 Å². The molecule has 0 spiro atoms. The molecule has 0 atom stereocenters. The Hall–Kier alpha value is -1.25. The van der Waals surface area contributed by atoms with Gasteiger partial charge in [-0.25, -0.2) is 0 Å². The third kappa shape index (κ3) is 1.27. The molecular formula is C8H11NO2. The molecule has 60 valence electrons. The second-order valence-corrected chi connectivity index (χ2v) is 2.48. The van der Waals surface area contributed by atoms with Crippen LogP contribution in [-0.4, -0.2) is 9.94 Å². The monoisotopic (exact) mass is 153 g/mol. The van der Waals surface area contributed by atoms with Gasteiger partial charge in [0.05, 0.1) is 5.69 Å². The fourth-order valence-electron chi connectivity index (χ4n) is 0.928. The summed E-state index contributed by atoms with van der Waals surface area (Å²) in [6.45, 7) is 3.56. The standard InChI is InChI=1S/C8H11NO2/c1-3-7-5-4-6(2)8(10)9(7)11/h4-5,11H,3H2,1-2H3. The van der Waals surface area contributed by atoms with Crippen molar-refractivity contribution in [2.45, 2.75) is 20.3 Å². The molecule has 1 aromatic heterocycles. The highest BCUT2D eigenvalue weighted by Gasteiger charge is 2.01. The maximum atomic E-state index is 11.1. The van der Waals surface area contributed by atoms with E-state index < -0.39 is 0 Å². The molecule has 0 aliphatic heterocycles. The molecule has 1 heterocycles. The van der Waals surface area contributed by atoms with Gasteiger partial charge in [0, 0.05) is 5.56 Å². The molecule has 0 aromatic carbocycles. The number of pyridine rings is 1. The number of rotatable bonds is 1. The molecule has 0 aliphatic rings. The molecule has 0 amide bonds. The van der Waals surface area contributed by atoms with Crippen LogP contribution in [0.4, 0.5) is 0 Å². The van der Waals surface area contributed by atoms with Gasteiger partial charge in [-0.15, -0.1) is 0 Å². The lowest BCUT2D eigenvalue weighted by Crippen LogP contribution is -2.22. The summed E-state index contributed by atoms with van der Waals surface area (Å²) in [6, 6.07) is 3.46. The third-order valence-corrected chi connectivity index (χ3v) is 1.69. The second-order valence-electron chi connectivity index (χ2n) is 2.48. The fraction of sp³-hybridized carbons (Fsp3) is 0.375. The Kier molecular flexibility index (Phi) is 1.98. The Morgan fingerprint density at radius 2 is 2.18 bits per heavy atom. The first-order valence-electron chi connectivity index (χ1n) is 3.57. The lowest BCUT2D eigenvalue weighted by molar-refractivity contribution is 0.165. The van der Waals surface area contributed by atoms with Crippen LogP contribution in [-0.2, 0) is 6.42 Å². The third-order valence-electron chi connectivity index (χ3n) is 1.69. The van der Waals surface area contributed by atoms with Crippen LogP contribution in [0.5, 0.6) is 0 Å². The van der Waals surface area contributed by atoms with Gasteiger partial charge in [-0.3, -0.25) is 4.79 Å². The van der Waals surface area contributed by atoms with Crippen molar-refractivity contribution in [2.24, 2.45) is 0 Å². The average Bonchev–Trinajstić information content (AvgIpc) is 2.01. The van der Waals surface area contributed by atoms with Crippen LogP contribution >= 0.6 is 0 Å². The molecule has 0 fully saturated rings. The zero-order valence-corrected chi connectivity index (χ0v) is 6.66. The SMILES string of the molecule is CCc1ccc(C)c(=O)n1O. The molecule has 0 aliphatic carbocycles. The summed E-state index contributed by atoms with van der Waals surface area (Å²) < 4.78 is 0.704. The minimum absolute atomic E-state index is 0.329. The highest BCUT2D eigenvalue weighted by atomic mass is 16.5. The van der Waals surface area contributed by atoms with E-state index in [1.165, 1.54) is 0 Å². The van der Waals surface area contributed by atoms with E-state index in [1.807, 2.05) is 6.92 Å². The van der Waals surface area contributed by atoms with Crippen molar-refractivity contribution in [3.8, 4) is 0 Å². The number of aromatic nitrogens is 1. The fourth-order valence-corrected chi connectivity index (χ4v) is 0.928. The lowest BCUT2D eigenvalue weighted by Gasteiger charge is -2.03. The number of hydrogen-bond donors (Lipinski definition) is 1. The molecule has 0 unspecified atom stereocenters. The Morgan fingerprint density at radius 3 is 2.73 bits per heavy atom. The first kappa shape index (κ1) is 7.85. The van der Waals surface area contributed by atoms with Gasteiger partial charge >= 0.3 is 0 Å². The average molecular weight is 153 g/mol. The number of hydrogen-bond acceptors (Lipinski definition) is 2. The molecule has 1 rings (SSSR count). The lowest BCUT2D eigenvalue weighted by atomic mass is 10.2. The van der Waals surface area contributed by atoms with E-state index in [0.29, 0.717) is 22.4 Å². The van der Waals surface area contributed by atoms with Crippen molar-refractivity contribution in [1.82, 2.24) is 4.73 Å². The predicted octanol–water partition coefficient (Wildman–Crippen LogP) is 0.956. The normalized spacial score (nSPS) is 10.0. The molecule has 1 aromatic rings. The summed E-state index contributed by atoms with van der Waals surface area (Å²) in [4.78, 5) is 11.1. The van der Waals surface area contributed by atoms with E-state index in [-0.39, 0.29) is 5.56 Å². The van der Waals surface area contributed by atoms with Crippen molar-refractivity contribution in [2.75, 3.05) is 0 Å². The summed E-state index contributed by atoms with van der Waals surface area (Å²) in [5.74, 6) is 0. The van der Waals surface area contributed by atoms with E-state index >= 15 is 0 Å². The topological polar surface area (TPSA) is 42.2 Å². The van der Waals surface area contributed by atoms with Gasteiger partial charge in [0.15, 0.2) is 0 Å². The van der Waals surface area contributed by atoms with Gasteiger partial charge in [-0.05, 0) is 19.4 Å². The Balaban J connectivity index is 3.37. The van der Waals surface area contributed by atoms with E-state index in [9.17, 15) is 10.0 Å². The molecular weight excluding hydrogens is 142 g/mol. The summed E-state index contributed by atoms with van der Waals surface area (Å²) in [7, 11) is 0. The highest BCUT2D eigenvalue weighted by molar-refractivity contribution is 5.13. The quantitative estimate of drug-likeness (QED) is 0.610. The van der Waals surface area contributed by atoms with E-state index in [0.717, 1.165) is 0 Å². The molecule has 3 heteroatoms. The van der Waals surface area contributed by atoms with Gasteiger partial charge < -0.3 is 5.21 Å². The molecule has 3 nitrogen and oxygen atoms in total. The van der Waals surface area contributed by atoms with Crippen molar-refractivity contribution in [1.29, 1.82) is 0 Å². The Morgan fingerprint density at radius 1 is 1.55 bits per heavy atom. The summed E-state index contributed by atoms with van der Waals surface area (Å²) in [5, 5.41) is 9.18. The summed E-state index contributed by atoms with van der Waals surface area (Å²) in [5.41, 5.74) is 0.870. The molecule has 11 heavy (non-hydrogen) atoms. The van der Waals surface area contributed by atoms with E-state index in [4.69, 9.17) is 0 Å². The Labute approximate surface area is 64.9 Å². The zero-order chi connectivity index (χ0) is 8.43. The number of aryl methyl sites for hydroxylation is 2. The van der Waals surface area contributed by atoms with E-state index in [2.05, 4.69) is 0 Å². The van der Waals surface area contributed by atoms with Crippen LogP contribution in [0.25, 0.3) is 0 Å². The van der Waals surface area contributed by atoms with Crippen molar-refractivity contribution in [3.63, 3.8) is 0 Å².